The molecular weight excluding hydrogens is 222 g/mol. The molecule has 0 aliphatic rings. The number of carbonyl (C=O) groups is 1. The number of anilines is 1. The molecule has 0 fully saturated rings. The summed E-state index contributed by atoms with van der Waals surface area (Å²) in [5, 5.41) is 9.41. The van der Waals surface area contributed by atoms with E-state index in [1.54, 1.807) is 10.9 Å². The van der Waals surface area contributed by atoms with Crippen molar-refractivity contribution in [3.8, 4) is 0 Å². The molecule has 0 spiro atoms. The van der Waals surface area contributed by atoms with Gasteiger partial charge in [-0.2, -0.15) is 0 Å². The van der Waals surface area contributed by atoms with Crippen molar-refractivity contribution in [3.05, 3.63) is 12.7 Å². The number of carbonyl (C=O) groups excluding carboxylic acids is 1. The van der Waals surface area contributed by atoms with Gasteiger partial charge in [-0.15, -0.1) is 0 Å². The van der Waals surface area contributed by atoms with Gasteiger partial charge in [0.05, 0.1) is 6.33 Å². The molecule has 2 rings (SSSR count). The number of aliphatic hydroxyl groups excluding tert-OH is 1. The number of nitrogens with two attached hydrogens (primary N) is 1. The van der Waals surface area contributed by atoms with Crippen molar-refractivity contribution in [1.82, 2.24) is 19.5 Å². The van der Waals surface area contributed by atoms with E-state index in [9.17, 15) is 9.90 Å². The fraction of sp³-hybridized carbons (Fsp3) is 0.400. The number of nitrogen functional groups attached to an aromatic ring is 1. The van der Waals surface area contributed by atoms with Gasteiger partial charge in [-0.05, 0) is 13.3 Å². The number of hydrogen-bond donors (Lipinski definition) is 2. The van der Waals surface area contributed by atoms with Gasteiger partial charge in [-0.1, -0.05) is 0 Å². The monoisotopic (exact) mass is 235 g/mol. The smallest absolute Gasteiger partial charge is 0.165 e. The molecule has 0 bridgehead atoms. The maximum absolute atomic E-state index is 10.9. The Morgan fingerprint density at radius 2 is 2.29 bits per heavy atom. The minimum absolute atomic E-state index is 0.247. The molecule has 90 valence electrons. The summed E-state index contributed by atoms with van der Waals surface area (Å²) >= 11 is 0. The molecule has 17 heavy (non-hydrogen) atoms. The van der Waals surface area contributed by atoms with Crippen LogP contribution in [-0.2, 0) is 11.3 Å². The lowest BCUT2D eigenvalue weighted by Gasteiger charge is -2.07. The lowest BCUT2D eigenvalue weighted by molar-refractivity contribution is -0.125. The van der Waals surface area contributed by atoms with Crippen LogP contribution in [0.15, 0.2) is 12.7 Å². The van der Waals surface area contributed by atoms with E-state index in [-0.39, 0.29) is 5.78 Å². The second kappa shape index (κ2) is 4.46. The van der Waals surface area contributed by atoms with Crippen molar-refractivity contribution in [1.29, 1.82) is 0 Å². The quantitative estimate of drug-likeness (QED) is 0.756. The van der Waals surface area contributed by atoms with Crippen molar-refractivity contribution >= 4 is 22.8 Å². The Hall–Kier alpha value is -2.02. The zero-order chi connectivity index (χ0) is 12.4. The summed E-state index contributed by atoms with van der Waals surface area (Å²) in [4.78, 5) is 22.9. The van der Waals surface area contributed by atoms with E-state index in [1.807, 2.05) is 0 Å². The SMILES string of the molecule is CC(=O)[C@@H](O)CCn1cnc2c(N)ncnc21. The number of fused-ring (bicyclic) bond motifs is 1. The molecule has 7 nitrogen and oxygen atoms in total. The Kier molecular flexibility index (Phi) is 3.01. The van der Waals surface area contributed by atoms with Crippen LogP contribution in [0.2, 0.25) is 0 Å². The number of aliphatic hydroxyl groups is 1. The molecule has 7 heteroatoms. The van der Waals surface area contributed by atoms with Crippen molar-refractivity contribution < 1.29 is 9.90 Å². The lowest BCUT2D eigenvalue weighted by Crippen LogP contribution is -2.19. The Labute approximate surface area is 97.3 Å². The third kappa shape index (κ3) is 2.23. The van der Waals surface area contributed by atoms with E-state index in [4.69, 9.17) is 5.73 Å². The average molecular weight is 235 g/mol. The number of aryl methyl sites for hydroxylation is 1. The fourth-order valence-electron chi connectivity index (χ4n) is 1.53. The summed E-state index contributed by atoms with van der Waals surface area (Å²) in [6.07, 6.45) is 2.30. The number of hydrogen-bond acceptors (Lipinski definition) is 6. The first-order chi connectivity index (χ1) is 8.09. The molecule has 2 aromatic rings. The highest BCUT2D eigenvalue weighted by Crippen LogP contribution is 2.14. The summed E-state index contributed by atoms with van der Waals surface area (Å²) < 4.78 is 1.74. The van der Waals surface area contributed by atoms with Gasteiger partial charge in [0.1, 0.15) is 17.9 Å². The molecule has 2 aromatic heterocycles. The zero-order valence-electron chi connectivity index (χ0n) is 9.37. The van der Waals surface area contributed by atoms with E-state index in [2.05, 4.69) is 15.0 Å². The fourth-order valence-corrected chi connectivity index (χ4v) is 1.53. The molecule has 0 saturated heterocycles. The number of ketones is 1. The van der Waals surface area contributed by atoms with Gasteiger partial charge in [0, 0.05) is 6.54 Å². The largest absolute Gasteiger partial charge is 0.385 e. The van der Waals surface area contributed by atoms with Crippen LogP contribution in [0.5, 0.6) is 0 Å². The molecule has 0 aliphatic heterocycles. The van der Waals surface area contributed by atoms with Crippen LogP contribution in [0.1, 0.15) is 13.3 Å². The first-order valence-electron chi connectivity index (χ1n) is 5.19. The van der Waals surface area contributed by atoms with Crippen LogP contribution in [-0.4, -0.2) is 36.5 Å². The van der Waals surface area contributed by atoms with Crippen LogP contribution in [0, 0.1) is 0 Å². The van der Waals surface area contributed by atoms with Crippen LogP contribution >= 0.6 is 0 Å². The highest BCUT2D eigenvalue weighted by molar-refractivity contribution is 5.81. The predicted molar refractivity (Wildman–Crippen MR) is 61.0 cm³/mol. The summed E-state index contributed by atoms with van der Waals surface area (Å²) in [6, 6.07) is 0. The molecule has 0 radical (unpaired) electrons. The molecular formula is C10H13N5O2. The maximum Gasteiger partial charge on any atom is 0.165 e. The summed E-state index contributed by atoms with van der Waals surface area (Å²) in [5.74, 6) is 0.0735. The molecule has 1 atom stereocenters. The van der Waals surface area contributed by atoms with Gasteiger partial charge in [-0.25, -0.2) is 15.0 Å². The number of nitrogens with zero attached hydrogens (tertiary/aromatic N) is 4. The van der Waals surface area contributed by atoms with Gasteiger partial charge < -0.3 is 15.4 Å². The summed E-state index contributed by atoms with van der Waals surface area (Å²) in [6.45, 7) is 1.81. The Bertz CT molecular complexity index is 551. The summed E-state index contributed by atoms with van der Waals surface area (Å²) in [7, 11) is 0. The van der Waals surface area contributed by atoms with Gasteiger partial charge in [0.25, 0.3) is 0 Å². The van der Waals surface area contributed by atoms with Gasteiger partial charge in [0.15, 0.2) is 17.2 Å². The Morgan fingerprint density at radius 1 is 1.53 bits per heavy atom. The number of aromatic nitrogens is 4. The van der Waals surface area contributed by atoms with Crippen molar-refractivity contribution in [2.24, 2.45) is 0 Å². The molecule has 2 heterocycles. The zero-order valence-corrected chi connectivity index (χ0v) is 9.37. The molecule has 0 aromatic carbocycles. The molecule has 0 amide bonds. The second-order valence-corrected chi connectivity index (χ2v) is 3.78. The van der Waals surface area contributed by atoms with Gasteiger partial charge in [-0.3, -0.25) is 4.79 Å². The second-order valence-electron chi connectivity index (χ2n) is 3.78. The molecule has 3 N–H and O–H groups in total. The average Bonchev–Trinajstić information content (AvgIpc) is 2.70. The van der Waals surface area contributed by atoms with Crippen LogP contribution in [0.4, 0.5) is 5.82 Å². The van der Waals surface area contributed by atoms with E-state index in [0.717, 1.165) is 0 Å². The Balaban J connectivity index is 2.20. The number of imidazole rings is 1. The van der Waals surface area contributed by atoms with E-state index in [0.29, 0.717) is 29.9 Å². The highest BCUT2D eigenvalue weighted by Gasteiger charge is 2.12. The van der Waals surface area contributed by atoms with Crippen LogP contribution in [0.3, 0.4) is 0 Å². The third-order valence-corrected chi connectivity index (χ3v) is 2.54. The van der Waals surface area contributed by atoms with Crippen molar-refractivity contribution in [2.75, 3.05) is 5.73 Å². The maximum atomic E-state index is 10.9. The number of Topliss-reactive ketones (excluding diaryl/α,β-unsaturated/α-hetero) is 1. The summed E-state index contributed by atoms with van der Waals surface area (Å²) in [5.41, 5.74) is 6.78. The topological polar surface area (TPSA) is 107 Å². The molecule has 0 saturated carbocycles. The minimum Gasteiger partial charge on any atom is -0.385 e. The van der Waals surface area contributed by atoms with Crippen LogP contribution in [0.25, 0.3) is 11.2 Å². The van der Waals surface area contributed by atoms with Crippen LogP contribution < -0.4 is 5.73 Å². The van der Waals surface area contributed by atoms with Crippen molar-refractivity contribution in [2.45, 2.75) is 26.0 Å². The highest BCUT2D eigenvalue weighted by atomic mass is 16.3. The first kappa shape index (κ1) is 11.5. The first-order valence-corrected chi connectivity index (χ1v) is 5.19. The minimum atomic E-state index is -0.952. The molecule has 0 unspecified atom stereocenters. The Morgan fingerprint density at radius 3 is 3.00 bits per heavy atom. The third-order valence-electron chi connectivity index (χ3n) is 2.54. The molecule has 0 aliphatic carbocycles. The van der Waals surface area contributed by atoms with E-state index >= 15 is 0 Å². The van der Waals surface area contributed by atoms with E-state index < -0.39 is 6.10 Å². The van der Waals surface area contributed by atoms with Gasteiger partial charge >= 0.3 is 0 Å². The normalized spacial score (nSPS) is 12.8. The van der Waals surface area contributed by atoms with Gasteiger partial charge in [0.2, 0.25) is 0 Å². The predicted octanol–water partition coefficient (Wildman–Crippen LogP) is -0.252. The number of rotatable bonds is 4. The van der Waals surface area contributed by atoms with E-state index in [1.165, 1.54) is 13.3 Å². The standard InChI is InChI=1S/C10H13N5O2/c1-6(16)7(17)2-3-15-5-14-8-9(11)12-4-13-10(8)15/h4-5,7,17H,2-3H2,1H3,(H2,11,12,13)/t7-/m0/s1. The lowest BCUT2D eigenvalue weighted by atomic mass is 10.2. The van der Waals surface area contributed by atoms with Crippen molar-refractivity contribution in [3.63, 3.8) is 0 Å².